The van der Waals surface area contributed by atoms with Crippen molar-refractivity contribution in [1.82, 2.24) is 0 Å². The number of phenols is 2. The average molecular weight is 687 g/mol. The highest BCUT2D eigenvalue weighted by atomic mass is 79.9. The van der Waals surface area contributed by atoms with Crippen LogP contribution in [0.2, 0.25) is 0 Å². The van der Waals surface area contributed by atoms with Crippen LogP contribution in [0.25, 0.3) is 22.3 Å². The number of fused-ring (bicyclic) bond motifs is 1. The third-order valence-electron chi connectivity index (χ3n) is 7.49. The zero-order valence-electron chi connectivity index (χ0n) is 23.2. The molecule has 0 spiro atoms. The van der Waals surface area contributed by atoms with Gasteiger partial charge < -0.3 is 69.0 Å². The molecule has 240 valence electrons. The first-order valence-corrected chi connectivity index (χ1v) is 14.2. The minimum Gasteiger partial charge on any atom is -0.507 e. The number of phenolic OH excluding ortho intramolecular Hbond substituents is 2. The molecular formula is C28H31BrO15. The Balaban J connectivity index is 1.39. The van der Waals surface area contributed by atoms with Crippen LogP contribution < -0.4 is 14.9 Å². The van der Waals surface area contributed by atoms with Gasteiger partial charge in [0, 0.05) is 17.7 Å². The van der Waals surface area contributed by atoms with Crippen molar-refractivity contribution in [3.05, 3.63) is 45.0 Å². The van der Waals surface area contributed by atoms with Gasteiger partial charge in [0.05, 0.1) is 19.8 Å². The molecular weight excluding hydrogens is 656 g/mol. The Morgan fingerprint density at radius 2 is 1.52 bits per heavy atom. The predicted molar refractivity (Wildman–Crippen MR) is 151 cm³/mol. The standard InChI is InChI=1S/C28H31BrO15/c1-9-19(32)22(35)24(37)27(41-9)40-8-16-20(33)23(36)25(38)28(44-16)42-11-6-13(31)17-15(7-11)43-26(18(29)21(17)34)10-3-4-14(39-2)12(30)5-10/h3-7,9,16,19-20,22-25,27-28,30-33,35-38H,8H2,1-2H3/t9-,16+,19-,20+,22+,23-,24+,25+,27+,28+/m0/s1. The summed E-state index contributed by atoms with van der Waals surface area (Å²) < 4.78 is 33.0. The SMILES string of the molecule is COc1ccc(-c2oc3cc(O[C@@H]4O[C@H](CO[C@@H]5O[C@@H](C)[C@H](O)[C@@H](O)[C@H]5O)[C@@H](O)[C@H](O)[C@H]4O)cc(O)c3c(=O)c2Br)cc1O. The van der Waals surface area contributed by atoms with Gasteiger partial charge in [0.15, 0.2) is 23.5 Å². The average Bonchev–Trinajstić information content (AvgIpc) is 2.99. The van der Waals surface area contributed by atoms with E-state index in [-0.39, 0.29) is 38.5 Å². The molecule has 2 aliphatic rings. The summed E-state index contributed by atoms with van der Waals surface area (Å²) in [6, 6.07) is 6.61. The van der Waals surface area contributed by atoms with Crippen LogP contribution in [0.1, 0.15) is 6.92 Å². The van der Waals surface area contributed by atoms with E-state index in [0.29, 0.717) is 5.56 Å². The third-order valence-corrected chi connectivity index (χ3v) is 8.21. The number of hydrogen-bond acceptors (Lipinski definition) is 15. The summed E-state index contributed by atoms with van der Waals surface area (Å²) in [4.78, 5) is 13.1. The van der Waals surface area contributed by atoms with Gasteiger partial charge >= 0.3 is 0 Å². The number of halogens is 1. The lowest BCUT2D eigenvalue weighted by Crippen LogP contribution is -2.61. The molecule has 3 aromatic rings. The van der Waals surface area contributed by atoms with E-state index in [4.69, 9.17) is 28.1 Å². The number of hydrogen-bond donors (Lipinski definition) is 8. The fourth-order valence-electron chi connectivity index (χ4n) is 4.96. The van der Waals surface area contributed by atoms with Crippen LogP contribution in [0.5, 0.6) is 23.0 Å². The monoisotopic (exact) mass is 686 g/mol. The Bertz CT molecular complexity index is 1560. The topological polar surface area (TPSA) is 238 Å². The molecule has 15 nitrogen and oxygen atoms in total. The first-order chi connectivity index (χ1) is 20.8. The molecule has 2 saturated heterocycles. The molecule has 10 atom stereocenters. The Morgan fingerprint density at radius 3 is 2.20 bits per heavy atom. The highest BCUT2D eigenvalue weighted by Gasteiger charge is 2.47. The lowest BCUT2D eigenvalue weighted by atomic mass is 9.98. The van der Waals surface area contributed by atoms with Gasteiger partial charge in [-0.05, 0) is 41.1 Å². The van der Waals surface area contributed by atoms with Crippen LogP contribution in [0, 0.1) is 0 Å². The molecule has 0 aliphatic carbocycles. The molecule has 3 heterocycles. The van der Waals surface area contributed by atoms with Crippen LogP contribution in [0.3, 0.4) is 0 Å². The van der Waals surface area contributed by atoms with Crippen molar-refractivity contribution in [2.75, 3.05) is 13.7 Å². The summed E-state index contributed by atoms with van der Waals surface area (Å²) in [5.74, 6) is -0.707. The predicted octanol–water partition coefficient (Wildman–Crippen LogP) is -0.327. The summed E-state index contributed by atoms with van der Waals surface area (Å²) in [6.45, 7) is 0.946. The van der Waals surface area contributed by atoms with Crippen molar-refractivity contribution in [3.63, 3.8) is 0 Å². The van der Waals surface area contributed by atoms with Crippen LogP contribution >= 0.6 is 15.9 Å². The Morgan fingerprint density at radius 1 is 0.841 bits per heavy atom. The molecule has 2 fully saturated rings. The second-order valence-corrected chi connectivity index (χ2v) is 11.2. The number of aliphatic hydroxyl groups is 6. The molecule has 5 rings (SSSR count). The lowest BCUT2D eigenvalue weighted by molar-refractivity contribution is -0.318. The van der Waals surface area contributed by atoms with Crippen molar-refractivity contribution < 1.29 is 69.0 Å². The minimum absolute atomic E-state index is 0.0146. The maximum atomic E-state index is 13.1. The maximum Gasteiger partial charge on any atom is 0.229 e. The van der Waals surface area contributed by atoms with E-state index in [1.807, 2.05) is 0 Å². The van der Waals surface area contributed by atoms with Crippen LogP contribution in [0.15, 0.2) is 44.0 Å². The molecule has 0 saturated carbocycles. The zero-order chi connectivity index (χ0) is 32.0. The number of aliphatic hydroxyl groups excluding tert-OH is 6. The highest BCUT2D eigenvalue weighted by Crippen LogP contribution is 2.38. The normalized spacial score (nSPS) is 32.5. The maximum absolute atomic E-state index is 13.1. The number of benzene rings is 2. The van der Waals surface area contributed by atoms with E-state index in [0.717, 1.165) is 6.07 Å². The molecule has 44 heavy (non-hydrogen) atoms. The van der Waals surface area contributed by atoms with Gasteiger partial charge in [-0.1, -0.05) is 0 Å². The van der Waals surface area contributed by atoms with E-state index in [9.17, 15) is 45.6 Å². The minimum atomic E-state index is -1.79. The number of rotatable bonds is 7. The van der Waals surface area contributed by atoms with Crippen molar-refractivity contribution >= 4 is 26.9 Å². The van der Waals surface area contributed by atoms with E-state index in [1.165, 1.54) is 38.3 Å². The molecule has 0 bridgehead atoms. The molecule has 0 unspecified atom stereocenters. The molecule has 1 aromatic heterocycles. The largest absolute Gasteiger partial charge is 0.507 e. The van der Waals surface area contributed by atoms with Gasteiger partial charge in [0.2, 0.25) is 11.7 Å². The Labute approximate surface area is 257 Å². The number of aromatic hydroxyl groups is 2. The molecule has 16 heteroatoms. The molecule has 8 N–H and O–H groups in total. The number of ether oxygens (including phenoxy) is 5. The first kappa shape index (κ1) is 32.4. The van der Waals surface area contributed by atoms with E-state index in [1.54, 1.807) is 0 Å². The van der Waals surface area contributed by atoms with Crippen molar-refractivity contribution in [2.24, 2.45) is 0 Å². The van der Waals surface area contributed by atoms with Crippen LogP contribution in [-0.4, -0.2) is 116 Å². The van der Waals surface area contributed by atoms with Gasteiger partial charge in [0.1, 0.15) is 69.7 Å². The van der Waals surface area contributed by atoms with E-state index in [2.05, 4.69) is 15.9 Å². The molecule has 0 amide bonds. The second kappa shape index (κ2) is 12.8. The van der Waals surface area contributed by atoms with E-state index < -0.39 is 79.2 Å². The fourth-order valence-corrected chi connectivity index (χ4v) is 5.47. The van der Waals surface area contributed by atoms with Crippen molar-refractivity contribution in [2.45, 2.75) is 68.3 Å². The van der Waals surface area contributed by atoms with Gasteiger partial charge in [-0.2, -0.15) is 0 Å². The van der Waals surface area contributed by atoms with Gasteiger partial charge in [0.25, 0.3) is 0 Å². The van der Waals surface area contributed by atoms with Crippen LogP contribution in [-0.2, 0) is 14.2 Å². The quantitative estimate of drug-likeness (QED) is 0.159. The summed E-state index contributed by atoms with van der Waals surface area (Å²) >= 11 is 3.18. The Kier molecular flexibility index (Phi) is 9.39. The summed E-state index contributed by atoms with van der Waals surface area (Å²) in [5.41, 5.74) is -0.471. The second-order valence-electron chi connectivity index (χ2n) is 10.4. The van der Waals surface area contributed by atoms with Crippen molar-refractivity contribution in [3.8, 4) is 34.3 Å². The fraction of sp³-hybridized carbons (Fsp3) is 0.464. The van der Waals surface area contributed by atoms with Crippen molar-refractivity contribution in [1.29, 1.82) is 0 Å². The first-order valence-electron chi connectivity index (χ1n) is 13.4. The Hall–Kier alpha value is -3.03. The smallest absolute Gasteiger partial charge is 0.229 e. The summed E-state index contributed by atoms with van der Waals surface area (Å²) in [7, 11) is 1.38. The van der Waals surface area contributed by atoms with E-state index >= 15 is 0 Å². The molecule has 2 aromatic carbocycles. The molecule has 2 aliphatic heterocycles. The summed E-state index contributed by atoms with van der Waals surface area (Å²) in [5, 5.41) is 82.2. The zero-order valence-corrected chi connectivity index (χ0v) is 24.8. The highest BCUT2D eigenvalue weighted by molar-refractivity contribution is 9.10. The molecule has 0 radical (unpaired) electrons. The van der Waals surface area contributed by atoms with Gasteiger partial charge in [-0.25, -0.2) is 0 Å². The third kappa shape index (κ3) is 5.97. The van der Waals surface area contributed by atoms with Crippen LogP contribution in [0.4, 0.5) is 0 Å². The van der Waals surface area contributed by atoms with Gasteiger partial charge in [-0.3, -0.25) is 4.79 Å². The number of methoxy groups -OCH3 is 1. The lowest BCUT2D eigenvalue weighted by Gasteiger charge is -2.42. The van der Waals surface area contributed by atoms with Gasteiger partial charge in [-0.15, -0.1) is 0 Å². The summed E-state index contributed by atoms with van der Waals surface area (Å²) in [6.07, 6.45) is -15.1.